The van der Waals surface area contributed by atoms with Crippen molar-refractivity contribution in [2.24, 2.45) is 7.05 Å². The number of carbonyl (C=O) groups is 1. The molecule has 0 unspecified atom stereocenters. The number of hydrogen-bond donors (Lipinski definition) is 1. The van der Waals surface area contributed by atoms with E-state index in [1.807, 2.05) is 6.20 Å². The lowest BCUT2D eigenvalue weighted by Crippen LogP contribution is -2.21. The van der Waals surface area contributed by atoms with Crippen molar-refractivity contribution in [3.63, 3.8) is 0 Å². The number of aromatic carboxylic acids is 1. The van der Waals surface area contributed by atoms with Crippen LogP contribution in [0.4, 0.5) is 0 Å². The van der Waals surface area contributed by atoms with Crippen LogP contribution in [-0.2, 0) is 13.6 Å². The molecule has 1 heterocycles. The van der Waals surface area contributed by atoms with Gasteiger partial charge in [0, 0.05) is 19.8 Å². The Balaban J connectivity index is 2.79. The third kappa shape index (κ3) is 2.83. The van der Waals surface area contributed by atoms with Crippen molar-refractivity contribution in [3.05, 3.63) is 23.5 Å². The van der Waals surface area contributed by atoms with Gasteiger partial charge in [0.05, 0.1) is 0 Å². The van der Waals surface area contributed by atoms with E-state index in [1.54, 1.807) is 17.7 Å². The molecule has 0 spiro atoms. The predicted octanol–water partition coefficient (Wildman–Crippen LogP) is 1.57. The van der Waals surface area contributed by atoms with Crippen molar-refractivity contribution in [1.29, 1.82) is 0 Å². The molecular formula is C11H18N2O2. The van der Waals surface area contributed by atoms with Crippen molar-refractivity contribution in [2.75, 3.05) is 13.1 Å². The second kappa shape index (κ2) is 4.98. The molecule has 0 radical (unpaired) electrons. The molecule has 0 aliphatic rings. The first-order chi connectivity index (χ1) is 7.08. The average Bonchev–Trinajstić information content (AvgIpc) is 2.56. The molecule has 1 rings (SSSR count). The molecular weight excluding hydrogens is 192 g/mol. The van der Waals surface area contributed by atoms with Gasteiger partial charge in [-0.1, -0.05) is 13.8 Å². The van der Waals surface area contributed by atoms with Gasteiger partial charge in [-0.15, -0.1) is 0 Å². The van der Waals surface area contributed by atoms with E-state index < -0.39 is 5.97 Å². The lowest BCUT2D eigenvalue weighted by Gasteiger charge is -2.16. The van der Waals surface area contributed by atoms with Crippen molar-refractivity contribution in [3.8, 4) is 0 Å². The zero-order valence-corrected chi connectivity index (χ0v) is 9.53. The van der Waals surface area contributed by atoms with Gasteiger partial charge in [0.1, 0.15) is 5.69 Å². The normalized spacial score (nSPS) is 10.9. The number of carboxylic acid groups (broad SMARTS) is 1. The summed E-state index contributed by atoms with van der Waals surface area (Å²) in [5.41, 5.74) is 1.40. The summed E-state index contributed by atoms with van der Waals surface area (Å²) in [7, 11) is 1.76. The van der Waals surface area contributed by atoms with Crippen LogP contribution in [-0.4, -0.2) is 33.6 Å². The minimum absolute atomic E-state index is 0.345. The molecule has 0 saturated carbocycles. The number of carboxylic acids is 1. The van der Waals surface area contributed by atoms with Gasteiger partial charge in [-0.25, -0.2) is 4.79 Å². The van der Waals surface area contributed by atoms with Gasteiger partial charge in [0.25, 0.3) is 0 Å². The summed E-state index contributed by atoms with van der Waals surface area (Å²) in [5, 5.41) is 8.89. The van der Waals surface area contributed by atoms with Gasteiger partial charge in [-0.2, -0.15) is 0 Å². The van der Waals surface area contributed by atoms with Gasteiger partial charge in [-0.05, 0) is 24.7 Å². The summed E-state index contributed by atoms with van der Waals surface area (Å²) in [5.74, 6) is -0.872. The Morgan fingerprint density at radius 2 is 2.07 bits per heavy atom. The Kier molecular flexibility index (Phi) is 3.91. The van der Waals surface area contributed by atoms with Crippen LogP contribution in [0.3, 0.4) is 0 Å². The van der Waals surface area contributed by atoms with Gasteiger partial charge in [0.2, 0.25) is 0 Å². The zero-order chi connectivity index (χ0) is 11.4. The lowest BCUT2D eigenvalue weighted by atomic mass is 10.3. The molecule has 0 saturated heterocycles. The van der Waals surface area contributed by atoms with Crippen LogP contribution >= 0.6 is 0 Å². The number of aromatic nitrogens is 1. The van der Waals surface area contributed by atoms with Crippen molar-refractivity contribution < 1.29 is 9.90 Å². The monoisotopic (exact) mass is 210 g/mol. The van der Waals surface area contributed by atoms with Gasteiger partial charge in [0.15, 0.2) is 0 Å². The summed E-state index contributed by atoms with van der Waals surface area (Å²) in [4.78, 5) is 13.1. The molecule has 15 heavy (non-hydrogen) atoms. The van der Waals surface area contributed by atoms with E-state index in [0.29, 0.717) is 5.69 Å². The van der Waals surface area contributed by atoms with Crippen LogP contribution < -0.4 is 0 Å². The standard InChI is InChI=1S/C11H18N2O2/c1-4-13(5-2)8-9-6-10(11(14)15)12(3)7-9/h6-7H,4-5,8H2,1-3H3,(H,14,15). The molecule has 1 N–H and O–H groups in total. The van der Waals surface area contributed by atoms with E-state index in [-0.39, 0.29) is 0 Å². The highest BCUT2D eigenvalue weighted by Crippen LogP contribution is 2.10. The topological polar surface area (TPSA) is 45.5 Å². The Morgan fingerprint density at radius 1 is 1.47 bits per heavy atom. The Bertz CT molecular complexity index is 340. The number of hydrogen-bond acceptors (Lipinski definition) is 2. The third-order valence-electron chi connectivity index (χ3n) is 2.58. The van der Waals surface area contributed by atoms with E-state index >= 15 is 0 Å². The van der Waals surface area contributed by atoms with E-state index in [2.05, 4.69) is 18.7 Å². The van der Waals surface area contributed by atoms with Crippen LogP contribution in [0.25, 0.3) is 0 Å². The Labute approximate surface area is 90.1 Å². The predicted molar refractivity (Wildman–Crippen MR) is 59.0 cm³/mol. The van der Waals surface area contributed by atoms with Crippen LogP contribution in [0.15, 0.2) is 12.3 Å². The number of aryl methyl sites for hydroxylation is 1. The van der Waals surface area contributed by atoms with Crippen LogP contribution in [0.2, 0.25) is 0 Å². The van der Waals surface area contributed by atoms with Crippen LogP contribution in [0.5, 0.6) is 0 Å². The molecule has 0 aliphatic heterocycles. The maximum atomic E-state index is 10.8. The number of nitrogens with zero attached hydrogens (tertiary/aromatic N) is 2. The first kappa shape index (κ1) is 11.8. The Morgan fingerprint density at radius 3 is 2.47 bits per heavy atom. The minimum atomic E-state index is -0.872. The molecule has 0 fully saturated rings. The molecule has 4 heteroatoms. The molecule has 0 aromatic carbocycles. The third-order valence-corrected chi connectivity index (χ3v) is 2.58. The fourth-order valence-corrected chi connectivity index (χ4v) is 1.64. The highest BCUT2D eigenvalue weighted by atomic mass is 16.4. The van der Waals surface area contributed by atoms with Gasteiger partial charge >= 0.3 is 5.97 Å². The molecule has 4 nitrogen and oxygen atoms in total. The fourth-order valence-electron chi connectivity index (χ4n) is 1.64. The molecule has 1 aromatic rings. The van der Waals surface area contributed by atoms with E-state index in [4.69, 9.17) is 5.11 Å². The highest BCUT2D eigenvalue weighted by molar-refractivity contribution is 5.86. The summed E-state index contributed by atoms with van der Waals surface area (Å²) < 4.78 is 1.65. The van der Waals surface area contributed by atoms with Gasteiger partial charge in [-0.3, -0.25) is 4.90 Å². The largest absolute Gasteiger partial charge is 0.477 e. The molecule has 0 amide bonds. The smallest absolute Gasteiger partial charge is 0.352 e. The Hall–Kier alpha value is -1.29. The molecule has 0 aliphatic carbocycles. The van der Waals surface area contributed by atoms with Crippen molar-refractivity contribution in [2.45, 2.75) is 20.4 Å². The summed E-state index contributed by atoms with van der Waals surface area (Å²) in [6.07, 6.45) is 1.88. The molecule has 0 atom stereocenters. The minimum Gasteiger partial charge on any atom is -0.477 e. The fraction of sp³-hybridized carbons (Fsp3) is 0.545. The second-order valence-corrected chi connectivity index (χ2v) is 3.61. The number of rotatable bonds is 5. The van der Waals surface area contributed by atoms with Crippen LogP contribution in [0, 0.1) is 0 Å². The van der Waals surface area contributed by atoms with Crippen molar-refractivity contribution >= 4 is 5.97 Å². The van der Waals surface area contributed by atoms with E-state index in [1.165, 1.54) is 0 Å². The first-order valence-electron chi connectivity index (χ1n) is 5.19. The SMILES string of the molecule is CCN(CC)Cc1cc(C(=O)O)n(C)c1. The second-order valence-electron chi connectivity index (χ2n) is 3.61. The lowest BCUT2D eigenvalue weighted by molar-refractivity contribution is 0.0686. The van der Waals surface area contributed by atoms with Crippen molar-refractivity contribution in [1.82, 2.24) is 9.47 Å². The maximum Gasteiger partial charge on any atom is 0.352 e. The summed E-state index contributed by atoms with van der Waals surface area (Å²) in [6, 6.07) is 1.74. The maximum absolute atomic E-state index is 10.8. The zero-order valence-electron chi connectivity index (χ0n) is 9.53. The quantitative estimate of drug-likeness (QED) is 0.802. The van der Waals surface area contributed by atoms with Gasteiger partial charge < -0.3 is 9.67 Å². The molecule has 84 valence electrons. The summed E-state index contributed by atoms with van der Waals surface area (Å²) in [6.45, 7) is 6.98. The molecule has 1 aromatic heterocycles. The summed E-state index contributed by atoms with van der Waals surface area (Å²) >= 11 is 0. The average molecular weight is 210 g/mol. The molecule has 0 bridgehead atoms. The highest BCUT2D eigenvalue weighted by Gasteiger charge is 2.11. The first-order valence-corrected chi connectivity index (χ1v) is 5.19. The van der Waals surface area contributed by atoms with E-state index in [9.17, 15) is 4.79 Å². The van der Waals surface area contributed by atoms with E-state index in [0.717, 1.165) is 25.2 Å². The van der Waals surface area contributed by atoms with Crippen LogP contribution in [0.1, 0.15) is 29.9 Å².